The van der Waals surface area contributed by atoms with E-state index < -0.39 is 23.0 Å². The third-order valence-corrected chi connectivity index (χ3v) is 4.36. The van der Waals surface area contributed by atoms with Gasteiger partial charge in [-0.2, -0.15) is 0 Å². The highest BCUT2D eigenvalue weighted by Gasteiger charge is 2.45. The van der Waals surface area contributed by atoms with Crippen molar-refractivity contribution in [2.24, 2.45) is 5.92 Å². The smallest absolute Gasteiger partial charge is 0.257 e. The molecule has 1 amide bonds. The topological polar surface area (TPSA) is 75.6 Å². The van der Waals surface area contributed by atoms with Crippen molar-refractivity contribution >= 4 is 11.7 Å². The number of unbranched alkanes of at least 4 members (excludes halogenated alkanes) is 3. The van der Waals surface area contributed by atoms with Crippen LogP contribution in [-0.4, -0.2) is 35.2 Å². The molecule has 0 aromatic heterocycles. The molecule has 0 aliphatic carbocycles. The van der Waals surface area contributed by atoms with Gasteiger partial charge in [-0.15, -0.1) is 0 Å². The molecule has 5 nitrogen and oxygen atoms in total. The first-order chi connectivity index (χ1) is 10.2. The molecule has 22 heavy (non-hydrogen) atoms. The molecular weight excluding hydrogens is 282 g/mol. The zero-order valence-corrected chi connectivity index (χ0v) is 14.4. The van der Waals surface area contributed by atoms with E-state index in [1.807, 2.05) is 13.8 Å². The Balaban J connectivity index is 2.87. The zero-order chi connectivity index (χ0) is 17.0. The minimum atomic E-state index is -1.52. The maximum absolute atomic E-state index is 12.5. The molecule has 2 atom stereocenters. The summed E-state index contributed by atoms with van der Waals surface area (Å²) in [4.78, 5) is 24.7. The Morgan fingerprint density at radius 1 is 1.41 bits per heavy atom. The van der Waals surface area contributed by atoms with E-state index in [9.17, 15) is 14.7 Å². The van der Waals surface area contributed by atoms with Crippen molar-refractivity contribution in [2.75, 3.05) is 7.11 Å². The average molecular weight is 311 g/mol. The van der Waals surface area contributed by atoms with Crippen molar-refractivity contribution in [2.45, 2.75) is 71.1 Å². The van der Waals surface area contributed by atoms with Gasteiger partial charge in [0.1, 0.15) is 5.60 Å². The second kappa shape index (κ2) is 7.38. The number of aliphatic hydroxyl groups is 1. The molecule has 126 valence electrons. The Bertz CT molecular complexity index is 454. The predicted octanol–water partition coefficient (Wildman–Crippen LogP) is 2.33. The van der Waals surface area contributed by atoms with Crippen LogP contribution in [0.1, 0.15) is 59.8 Å². The lowest BCUT2D eigenvalue weighted by Crippen LogP contribution is -2.48. The van der Waals surface area contributed by atoms with Crippen LogP contribution in [0.4, 0.5) is 0 Å². The van der Waals surface area contributed by atoms with Crippen molar-refractivity contribution in [1.82, 2.24) is 5.32 Å². The van der Waals surface area contributed by atoms with Crippen LogP contribution in [0, 0.1) is 5.92 Å². The Morgan fingerprint density at radius 2 is 2.05 bits per heavy atom. The molecule has 0 bridgehead atoms. The summed E-state index contributed by atoms with van der Waals surface area (Å²) in [7, 11) is 1.49. The molecule has 1 aliphatic heterocycles. The molecule has 0 fully saturated rings. The maximum atomic E-state index is 12.5. The van der Waals surface area contributed by atoms with E-state index in [4.69, 9.17) is 4.74 Å². The second-order valence-electron chi connectivity index (χ2n) is 6.58. The Morgan fingerprint density at radius 3 is 2.50 bits per heavy atom. The highest BCUT2D eigenvalue weighted by molar-refractivity contribution is 6.23. The number of rotatable bonds is 9. The molecule has 0 saturated heterocycles. The Kier molecular flexibility index (Phi) is 6.32. The first-order valence-corrected chi connectivity index (χ1v) is 8.08. The summed E-state index contributed by atoms with van der Waals surface area (Å²) in [5.74, 6) is -1.03. The van der Waals surface area contributed by atoms with Crippen molar-refractivity contribution in [3.05, 3.63) is 11.6 Å². The first-order valence-electron chi connectivity index (χ1n) is 8.08. The highest BCUT2D eigenvalue weighted by atomic mass is 16.5. The van der Waals surface area contributed by atoms with Crippen molar-refractivity contribution < 1.29 is 19.4 Å². The summed E-state index contributed by atoms with van der Waals surface area (Å²) in [6.07, 6.45) is 5.78. The van der Waals surface area contributed by atoms with Crippen LogP contribution in [0.15, 0.2) is 11.6 Å². The third kappa shape index (κ3) is 3.96. The number of methoxy groups -OCH3 is 1. The number of ketones is 1. The standard InChI is InChI=1S/C17H29NO4/c1-6-7-8-9-10-16(4,21)14(19)13-11-17(22-5,12(2)3)18-15(13)20/h11-12,21H,6-10H2,1-5H3,(H,18,20)/t16-,17-/m0/s1. The van der Waals surface area contributed by atoms with Gasteiger partial charge in [-0.3, -0.25) is 9.59 Å². The number of ether oxygens (including phenoxy) is 1. The number of hydrogen-bond donors (Lipinski definition) is 2. The molecule has 0 spiro atoms. The lowest BCUT2D eigenvalue weighted by Gasteiger charge is -2.29. The number of Topliss-reactive ketones (excluding diaryl/α,β-unsaturated/α-hetero) is 1. The SMILES string of the molecule is CCCCCC[C@](C)(O)C(=O)C1=C[C@](OC)(C(C)C)NC1=O. The molecule has 0 saturated carbocycles. The fourth-order valence-electron chi connectivity index (χ4n) is 2.69. The first kappa shape index (κ1) is 18.8. The highest BCUT2D eigenvalue weighted by Crippen LogP contribution is 2.30. The minimum absolute atomic E-state index is 0.00367. The van der Waals surface area contributed by atoms with E-state index in [0.717, 1.165) is 25.7 Å². The lowest BCUT2D eigenvalue weighted by atomic mass is 9.88. The van der Waals surface area contributed by atoms with Gasteiger partial charge in [-0.1, -0.05) is 46.5 Å². The van der Waals surface area contributed by atoms with Crippen LogP contribution < -0.4 is 5.32 Å². The number of hydrogen-bond acceptors (Lipinski definition) is 4. The molecule has 0 aromatic carbocycles. The molecular formula is C17H29NO4. The van der Waals surface area contributed by atoms with Gasteiger partial charge < -0.3 is 15.2 Å². The van der Waals surface area contributed by atoms with Crippen molar-refractivity contribution in [1.29, 1.82) is 0 Å². The normalized spacial score (nSPS) is 24.1. The van der Waals surface area contributed by atoms with Gasteiger partial charge in [0.05, 0.1) is 5.57 Å². The zero-order valence-electron chi connectivity index (χ0n) is 14.4. The van der Waals surface area contributed by atoms with Crippen LogP contribution in [0.2, 0.25) is 0 Å². The molecule has 0 aromatic rings. The molecule has 1 heterocycles. The fourth-order valence-corrected chi connectivity index (χ4v) is 2.69. The van der Waals surface area contributed by atoms with Gasteiger partial charge in [0, 0.05) is 13.0 Å². The number of nitrogens with one attached hydrogen (secondary N) is 1. The number of amides is 1. The number of carbonyl (C=O) groups is 2. The maximum Gasteiger partial charge on any atom is 0.257 e. The fraction of sp³-hybridized carbons (Fsp3) is 0.765. The summed E-state index contributed by atoms with van der Waals surface area (Å²) in [5.41, 5.74) is -2.49. The molecule has 0 unspecified atom stereocenters. The van der Waals surface area contributed by atoms with Gasteiger partial charge >= 0.3 is 0 Å². The molecule has 5 heteroatoms. The summed E-state index contributed by atoms with van der Waals surface area (Å²) in [5, 5.41) is 13.1. The van der Waals surface area contributed by atoms with Gasteiger partial charge in [0.2, 0.25) is 0 Å². The molecule has 0 radical (unpaired) electrons. The third-order valence-electron chi connectivity index (χ3n) is 4.36. The van der Waals surface area contributed by atoms with E-state index in [-0.39, 0.29) is 11.5 Å². The summed E-state index contributed by atoms with van der Waals surface area (Å²) in [6, 6.07) is 0. The van der Waals surface area contributed by atoms with Gasteiger partial charge in [0.15, 0.2) is 11.5 Å². The van der Waals surface area contributed by atoms with Gasteiger partial charge in [-0.05, 0) is 19.4 Å². The van der Waals surface area contributed by atoms with E-state index in [2.05, 4.69) is 12.2 Å². The Labute approximate surface area is 133 Å². The Hall–Kier alpha value is -1.20. The number of carbonyl (C=O) groups excluding carboxylic acids is 2. The lowest BCUT2D eigenvalue weighted by molar-refractivity contribution is -0.135. The largest absolute Gasteiger partial charge is 0.382 e. The van der Waals surface area contributed by atoms with Crippen LogP contribution >= 0.6 is 0 Å². The minimum Gasteiger partial charge on any atom is -0.382 e. The van der Waals surface area contributed by atoms with E-state index in [0.29, 0.717) is 6.42 Å². The molecule has 1 aliphatic rings. The predicted molar refractivity (Wildman–Crippen MR) is 85.2 cm³/mol. The monoisotopic (exact) mass is 311 g/mol. The van der Waals surface area contributed by atoms with Crippen molar-refractivity contribution in [3.8, 4) is 0 Å². The summed E-state index contributed by atoms with van der Waals surface area (Å²) >= 11 is 0. The quantitative estimate of drug-likeness (QED) is 0.506. The van der Waals surface area contributed by atoms with Crippen LogP contribution in [0.25, 0.3) is 0 Å². The summed E-state index contributed by atoms with van der Waals surface area (Å²) < 4.78 is 5.39. The summed E-state index contributed by atoms with van der Waals surface area (Å²) in [6.45, 7) is 7.39. The molecule has 1 rings (SSSR count). The van der Waals surface area contributed by atoms with E-state index in [1.165, 1.54) is 20.1 Å². The van der Waals surface area contributed by atoms with E-state index >= 15 is 0 Å². The average Bonchev–Trinajstić information content (AvgIpc) is 2.81. The van der Waals surface area contributed by atoms with Gasteiger partial charge in [0.25, 0.3) is 5.91 Å². The molecule has 2 N–H and O–H groups in total. The second-order valence-corrected chi connectivity index (χ2v) is 6.58. The van der Waals surface area contributed by atoms with Crippen LogP contribution in [-0.2, 0) is 14.3 Å². The van der Waals surface area contributed by atoms with Crippen LogP contribution in [0.5, 0.6) is 0 Å². The van der Waals surface area contributed by atoms with E-state index in [1.54, 1.807) is 0 Å². The van der Waals surface area contributed by atoms with Crippen LogP contribution in [0.3, 0.4) is 0 Å². The van der Waals surface area contributed by atoms with Crippen molar-refractivity contribution in [3.63, 3.8) is 0 Å². The van der Waals surface area contributed by atoms with Gasteiger partial charge in [-0.25, -0.2) is 0 Å².